The van der Waals surface area contributed by atoms with Crippen LogP contribution in [-0.4, -0.2) is 11.1 Å². The molecule has 0 rings (SSSR count). The van der Waals surface area contributed by atoms with Crippen molar-refractivity contribution in [2.45, 2.75) is 13.8 Å². The standard InChI is InChI=1S/C5H8O2.Li.H/c1-4(2)3-5(6)7;;/h3H,1-2H3,(H,6,7);;/q;+1;-1. The summed E-state index contributed by atoms with van der Waals surface area (Å²) in [6, 6.07) is 0. The fraction of sp³-hybridized carbons (Fsp3) is 0.400. The van der Waals surface area contributed by atoms with Gasteiger partial charge >= 0.3 is 24.8 Å². The molecule has 0 atom stereocenters. The Bertz CT molecular complexity index is 108. The Morgan fingerprint density at radius 3 is 2.00 bits per heavy atom. The Morgan fingerprint density at radius 1 is 1.62 bits per heavy atom. The van der Waals surface area contributed by atoms with Crippen LogP contribution in [0, 0.1) is 0 Å². The van der Waals surface area contributed by atoms with Crippen LogP contribution in [0.5, 0.6) is 0 Å². The fourth-order valence-electron chi connectivity index (χ4n) is 0.247. The predicted octanol–water partition coefficient (Wildman–Crippen LogP) is -1.85. The molecule has 8 heavy (non-hydrogen) atoms. The number of carbonyl (C=O) groups is 1. The van der Waals surface area contributed by atoms with Gasteiger partial charge in [-0.15, -0.1) is 0 Å². The summed E-state index contributed by atoms with van der Waals surface area (Å²) in [7, 11) is 0. The molecule has 0 heterocycles. The van der Waals surface area contributed by atoms with E-state index in [0.717, 1.165) is 5.57 Å². The molecule has 0 aromatic heterocycles. The van der Waals surface area contributed by atoms with E-state index >= 15 is 0 Å². The average Bonchev–Trinajstić information content (AvgIpc) is 1.27. The average molecular weight is 108 g/mol. The smallest absolute Gasteiger partial charge is 1.00 e. The van der Waals surface area contributed by atoms with E-state index in [1.807, 2.05) is 0 Å². The van der Waals surface area contributed by atoms with Gasteiger partial charge in [0.25, 0.3) is 0 Å². The maximum atomic E-state index is 9.73. The Labute approximate surface area is 62.2 Å². The van der Waals surface area contributed by atoms with Crippen LogP contribution in [0.25, 0.3) is 0 Å². The van der Waals surface area contributed by atoms with E-state index in [2.05, 4.69) is 0 Å². The molecular weight excluding hydrogens is 99.0 g/mol. The molecule has 0 aliphatic heterocycles. The molecule has 0 unspecified atom stereocenters. The van der Waals surface area contributed by atoms with Crippen LogP contribution in [0.4, 0.5) is 0 Å². The van der Waals surface area contributed by atoms with E-state index in [0.29, 0.717) is 0 Å². The Kier molecular flexibility index (Phi) is 6.64. The monoisotopic (exact) mass is 108 g/mol. The van der Waals surface area contributed by atoms with Crippen LogP contribution in [0.2, 0.25) is 0 Å². The van der Waals surface area contributed by atoms with Gasteiger partial charge in [0, 0.05) is 6.08 Å². The Hall–Kier alpha value is -0.193. The Morgan fingerprint density at radius 2 is 2.00 bits per heavy atom. The summed E-state index contributed by atoms with van der Waals surface area (Å²) in [4.78, 5) is 9.73. The van der Waals surface area contributed by atoms with Gasteiger partial charge < -0.3 is 6.53 Å². The van der Waals surface area contributed by atoms with Crippen LogP contribution < -0.4 is 18.9 Å². The van der Waals surface area contributed by atoms with E-state index in [1.54, 1.807) is 13.8 Å². The fourth-order valence-corrected chi connectivity index (χ4v) is 0.247. The first-order chi connectivity index (χ1) is 3.13. The molecule has 0 aliphatic carbocycles. The molecule has 0 saturated carbocycles. The van der Waals surface area contributed by atoms with Crippen molar-refractivity contribution in [3.63, 3.8) is 0 Å². The van der Waals surface area contributed by atoms with E-state index < -0.39 is 5.97 Å². The zero-order chi connectivity index (χ0) is 5.86. The minimum atomic E-state index is -0.875. The summed E-state index contributed by atoms with van der Waals surface area (Å²) in [5.41, 5.74) is 0.813. The third-order valence-electron chi connectivity index (χ3n) is 0.412. The van der Waals surface area contributed by atoms with Crippen LogP contribution in [-0.2, 0) is 4.79 Å². The van der Waals surface area contributed by atoms with Crippen LogP contribution in [0.1, 0.15) is 15.3 Å². The number of allylic oxidation sites excluding steroid dienone is 1. The van der Waals surface area contributed by atoms with Crippen LogP contribution in [0.15, 0.2) is 11.6 Å². The van der Waals surface area contributed by atoms with Crippen molar-refractivity contribution in [2.24, 2.45) is 0 Å². The molecule has 2 nitrogen and oxygen atoms in total. The topological polar surface area (TPSA) is 37.3 Å². The van der Waals surface area contributed by atoms with Gasteiger partial charge in [-0.05, 0) is 13.8 Å². The van der Waals surface area contributed by atoms with Crippen molar-refractivity contribution in [1.29, 1.82) is 0 Å². The summed E-state index contributed by atoms with van der Waals surface area (Å²) in [5.74, 6) is -0.875. The van der Waals surface area contributed by atoms with Gasteiger partial charge in [0.1, 0.15) is 0 Å². The number of carboxylic acids is 1. The van der Waals surface area contributed by atoms with Gasteiger partial charge in [0.05, 0.1) is 0 Å². The third-order valence-corrected chi connectivity index (χ3v) is 0.412. The van der Waals surface area contributed by atoms with Crippen molar-refractivity contribution in [3.8, 4) is 0 Å². The minimum absolute atomic E-state index is 0. The van der Waals surface area contributed by atoms with Gasteiger partial charge in [-0.2, -0.15) is 0 Å². The number of rotatable bonds is 1. The van der Waals surface area contributed by atoms with Crippen molar-refractivity contribution >= 4 is 5.97 Å². The number of hydrogen-bond acceptors (Lipinski definition) is 1. The molecule has 0 fully saturated rings. The second-order valence-corrected chi connectivity index (χ2v) is 1.56. The summed E-state index contributed by atoms with van der Waals surface area (Å²) < 4.78 is 0. The minimum Gasteiger partial charge on any atom is -1.00 e. The van der Waals surface area contributed by atoms with Gasteiger partial charge in [0.2, 0.25) is 0 Å². The second kappa shape index (κ2) is 4.95. The van der Waals surface area contributed by atoms with Crippen molar-refractivity contribution < 1.29 is 30.2 Å². The molecule has 0 saturated heterocycles. The zero-order valence-corrected chi connectivity index (χ0v) is 5.43. The maximum absolute atomic E-state index is 9.73. The van der Waals surface area contributed by atoms with Crippen LogP contribution >= 0.6 is 0 Å². The van der Waals surface area contributed by atoms with Crippen LogP contribution in [0.3, 0.4) is 0 Å². The van der Waals surface area contributed by atoms with Crippen molar-refractivity contribution in [3.05, 3.63) is 11.6 Å². The first-order valence-corrected chi connectivity index (χ1v) is 2.01. The normalized spacial score (nSPS) is 6.75. The van der Waals surface area contributed by atoms with E-state index in [9.17, 15) is 4.79 Å². The molecule has 0 aromatic carbocycles. The second-order valence-electron chi connectivity index (χ2n) is 1.56. The quantitative estimate of drug-likeness (QED) is 0.316. The van der Waals surface area contributed by atoms with E-state index in [1.165, 1.54) is 6.08 Å². The zero-order valence-electron chi connectivity index (χ0n) is 6.43. The first-order valence-electron chi connectivity index (χ1n) is 2.01. The molecule has 0 radical (unpaired) electrons. The Balaban J connectivity index is -0.000000180. The molecular formula is C5H9LiO2. The summed E-state index contributed by atoms with van der Waals surface area (Å²) in [6.45, 7) is 3.49. The summed E-state index contributed by atoms with van der Waals surface area (Å²) in [6.07, 6.45) is 1.17. The number of hydrogen-bond donors (Lipinski definition) is 1. The number of aliphatic carboxylic acids is 1. The number of carboxylic acid groups (broad SMARTS) is 1. The summed E-state index contributed by atoms with van der Waals surface area (Å²) >= 11 is 0. The molecule has 0 amide bonds. The van der Waals surface area contributed by atoms with E-state index in [4.69, 9.17) is 5.11 Å². The first kappa shape index (κ1) is 10.7. The molecule has 0 spiro atoms. The third kappa shape index (κ3) is 9.26. The molecule has 0 aliphatic rings. The molecule has 0 aromatic rings. The molecule has 0 bridgehead atoms. The molecule has 1 N–H and O–H groups in total. The largest absolute Gasteiger partial charge is 1.00 e. The predicted molar refractivity (Wildman–Crippen MR) is 28.2 cm³/mol. The van der Waals surface area contributed by atoms with Crippen molar-refractivity contribution in [2.75, 3.05) is 0 Å². The molecule has 42 valence electrons. The van der Waals surface area contributed by atoms with Crippen molar-refractivity contribution in [1.82, 2.24) is 0 Å². The summed E-state index contributed by atoms with van der Waals surface area (Å²) in [5, 5.41) is 8.01. The molecule has 3 heteroatoms. The van der Waals surface area contributed by atoms with Gasteiger partial charge in [-0.25, -0.2) is 4.79 Å². The maximum Gasteiger partial charge on any atom is 1.00 e. The van der Waals surface area contributed by atoms with E-state index in [-0.39, 0.29) is 20.3 Å². The van der Waals surface area contributed by atoms with Gasteiger partial charge in [-0.1, -0.05) is 5.57 Å². The van der Waals surface area contributed by atoms with Gasteiger partial charge in [-0.3, -0.25) is 0 Å². The SMILES string of the molecule is CC(C)=CC(=O)O.[H-].[Li+]. The van der Waals surface area contributed by atoms with Gasteiger partial charge in [0.15, 0.2) is 0 Å².